The zero-order valence-electron chi connectivity index (χ0n) is 21.9. The molecule has 10 heteroatoms. The van der Waals surface area contributed by atoms with Gasteiger partial charge in [0.25, 0.3) is 5.91 Å². The minimum atomic E-state index is -1.10. The van der Waals surface area contributed by atoms with Gasteiger partial charge >= 0.3 is 11.9 Å². The number of hydrogen-bond donors (Lipinski definition) is 2. The van der Waals surface area contributed by atoms with E-state index in [-0.39, 0.29) is 12.4 Å². The lowest BCUT2D eigenvalue weighted by Gasteiger charge is -2.16. The molecule has 0 saturated carbocycles. The monoisotopic (exact) mass is 527 g/mol. The van der Waals surface area contributed by atoms with E-state index in [4.69, 9.17) is 4.74 Å². The maximum atomic E-state index is 12.7. The van der Waals surface area contributed by atoms with Gasteiger partial charge in [-0.25, -0.2) is 4.79 Å². The third-order valence-electron chi connectivity index (χ3n) is 5.81. The van der Waals surface area contributed by atoms with Crippen LogP contribution in [-0.2, 0) is 22.6 Å². The van der Waals surface area contributed by atoms with Gasteiger partial charge in [-0.1, -0.05) is 42.5 Å². The first-order valence-electron chi connectivity index (χ1n) is 12.4. The summed E-state index contributed by atoms with van der Waals surface area (Å²) in [6.45, 7) is 5.69. The maximum absolute atomic E-state index is 12.7. The molecule has 4 rings (SSSR count). The average Bonchev–Trinajstić information content (AvgIpc) is 3.37. The molecule has 1 heterocycles. The van der Waals surface area contributed by atoms with E-state index in [1.54, 1.807) is 69.3 Å². The van der Waals surface area contributed by atoms with Gasteiger partial charge in [0.15, 0.2) is 0 Å². The van der Waals surface area contributed by atoms with E-state index in [1.807, 2.05) is 30.3 Å². The summed E-state index contributed by atoms with van der Waals surface area (Å²) < 4.78 is 5.38. The number of carbonyl (C=O) groups excluding carboxylic acids is 2. The Bertz CT molecular complexity index is 1440. The zero-order valence-corrected chi connectivity index (χ0v) is 21.9. The molecule has 1 aromatic heterocycles. The van der Waals surface area contributed by atoms with Gasteiger partial charge in [-0.05, 0) is 73.5 Å². The van der Waals surface area contributed by atoms with Crippen molar-refractivity contribution in [2.75, 3.05) is 0 Å². The van der Waals surface area contributed by atoms with Gasteiger partial charge < -0.3 is 15.2 Å². The van der Waals surface area contributed by atoms with Crippen molar-refractivity contribution in [3.63, 3.8) is 0 Å². The molecular weight excluding hydrogens is 498 g/mol. The van der Waals surface area contributed by atoms with Crippen LogP contribution < -0.4 is 10.1 Å². The quantitative estimate of drug-likeness (QED) is 0.248. The van der Waals surface area contributed by atoms with E-state index < -0.39 is 23.3 Å². The largest absolute Gasteiger partial charge is 0.480 e. The zero-order chi connectivity index (χ0) is 28.0. The summed E-state index contributed by atoms with van der Waals surface area (Å²) in [7, 11) is 0. The number of nitrogens with zero attached hydrogens (tertiary/aromatic N) is 4. The van der Waals surface area contributed by atoms with Gasteiger partial charge in [0.2, 0.25) is 5.82 Å². The number of hydrogen-bond acceptors (Lipinski definition) is 7. The predicted molar refractivity (Wildman–Crippen MR) is 143 cm³/mol. The summed E-state index contributed by atoms with van der Waals surface area (Å²) in [4.78, 5) is 37.8. The first-order valence-corrected chi connectivity index (χ1v) is 12.4. The number of nitrogens with one attached hydrogen (secondary N) is 1. The van der Waals surface area contributed by atoms with E-state index in [0.29, 0.717) is 29.2 Å². The lowest BCUT2D eigenvalue weighted by atomic mass is 9.97. The van der Waals surface area contributed by atoms with Crippen molar-refractivity contribution in [2.45, 2.75) is 39.8 Å². The Balaban J connectivity index is 1.35. The lowest BCUT2D eigenvalue weighted by Crippen LogP contribution is -2.42. The Kier molecular flexibility index (Phi) is 8.14. The molecule has 39 heavy (non-hydrogen) atoms. The number of esters is 1. The summed E-state index contributed by atoms with van der Waals surface area (Å²) in [6.07, 6.45) is 0.186. The van der Waals surface area contributed by atoms with Crippen LogP contribution in [0.2, 0.25) is 0 Å². The van der Waals surface area contributed by atoms with Crippen LogP contribution in [-0.4, -0.2) is 49.2 Å². The van der Waals surface area contributed by atoms with Crippen LogP contribution >= 0.6 is 0 Å². The van der Waals surface area contributed by atoms with Crippen molar-refractivity contribution in [3.8, 4) is 17.1 Å². The first-order chi connectivity index (χ1) is 18.6. The Labute approximate surface area is 225 Å². The molecule has 0 bridgehead atoms. The van der Waals surface area contributed by atoms with E-state index in [2.05, 4.69) is 20.7 Å². The fourth-order valence-corrected chi connectivity index (χ4v) is 3.57. The molecule has 0 spiro atoms. The molecule has 0 aliphatic carbocycles. The summed E-state index contributed by atoms with van der Waals surface area (Å²) in [5.74, 6) is -1.04. The normalized spacial score (nSPS) is 12.0. The summed E-state index contributed by atoms with van der Waals surface area (Å²) >= 11 is 0. The van der Waals surface area contributed by atoms with Crippen LogP contribution in [0.1, 0.15) is 42.3 Å². The van der Waals surface area contributed by atoms with Crippen LogP contribution in [0.5, 0.6) is 5.75 Å². The van der Waals surface area contributed by atoms with Crippen molar-refractivity contribution in [2.24, 2.45) is 5.41 Å². The molecule has 1 atom stereocenters. The van der Waals surface area contributed by atoms with Gasteiger partial charge in [0, 0.05) is 17.5 Å². The van der Waals surface area contributed by atoms with E-state index in [9.17, 15) is 19.5 Å². The van der Waals surface area contributed by atoms with Crippen LogP contribution in [0.15, 0.2) is 78.9 Å². The number of carboxylic acid groups (broad SMARTS) is 1. The number of rotatable bonds is 9. The van der Waals surface area contributed by atoms with E-state index >= 15 is 0 Å². The van der Waals surface area contributed by atoms with Gasteiger partial charge in [0.1, 0.15) is 11.8 Å². The number of aliphatic carboxylic acids is 1. The van der Waals surface area contributed by atoms with E-state index in [1.165, 1.54) is 4.80 Å². The second-order valence-electron chi connectivity index (χ2n) is 10.1. The minimum absolute atomic E-state index is 0.186. The van der Waals surface area contributed by atoms with Crippen LogP contribution in [0.3, 0.4) is 0 Å². The SMILES string of the molecule is CC(C)(C)C(=O)Oc1ccc(-c2nnn(Cc3ccc(C(=O)N[C@@H](Cc4ccccc4)C(=O)O)cc3)n2)cc1. The Hall–Kier alpha value is -4.86. The lowest BCUT2D eigenvalue weighted by molar-refractivity contribution is -0.143. The molecule has 3 aromatic carbocycles. The van der Waals surface area contributed by atoms with Crippen molar-refractivity contribution >= 4 is 17.8 Å². The maximum Gasteiger partial charge on any atom is 0.326 e. The van der Waals surface area contributed by atoms with Gasteiger partial charge in [0.05, 0.1) is 12.0 Å². The highest BCUT2D eigenvalue weighted by Gasteiger charge is 2.24. The average molecular weight is 528 g/mol. The van der Waals surface area contributed by atoms with Crippen LogP contribution in [0, 0.1) is 5.41 Å². The number of benzene rings is 3. The summed E-state index contributed by atoms with van der Waals surface area (Å²) in [5.41, 5.74) is 2.11. The van der Waals surface area contributed by atoms with Crippen molar-refractivity contribution in [1.82, 2.24) is 25.5 Å². The highest BCUT2D eigenvalue weighted by molar-refractivity contribution is 5.96. The van der Waals surface area contributed by atoms with E-state index in [0.717, 1.165) is 11.1 Å². The number of amides is 1. The second kappa shape index (κ2) is 11.7. The standard InChI is InChI=1S/C29H29N5O5/c1-29(2,3)28(38)39-23-15-13-21(14-16-23)25-31-33-34(32-25)18-20-9-11-22(12-10-20)26(35)30-24(27(36)37)17-19-7-5-4-6-8-19/h4-16,24H,17-18H2,1-3H3,(H,30,35)(H,36,37)/t24-/m0/s1. The Morgan fingerprint density at radius 3 is 2.21 bits per heavy atom. The molecule has 2 N–H and O–H groups in total. The topological polar surface area (TPSA) is 136 Å². The molecular formula is C29H29N5O5. The van der Waals surface area contributed by atoms with Crippen LogP contribution in [0.25, 0.3) is 11.4 Å². The molecule has 10 nitrogen and oxygen atoms in total. The van der Waals surface area contributed by atoms with Crippen molar-refractivity contribution in [3.05, 3.63) is 95.6 Å². The summed E-state index contributed by atoms with van der Waals surface area (Å²) in [5, 5.41) is 24.7. The molecule has 0 unspecified atom stereocenters. The molecule has 1 amide bonds. The van der Waals surface area contributed by atoms with Crippen LogP contribution in [0.4, 0.5) is 0 Å². The second-order valence-corrected chi connectivity index (χ2v) is 10.1. The molecule has 4 aromatic rings. The highest BCUT2D eigenvalue weighted by atomic mass is 16.5. The fraction of sp³-hybridized carbons (Fsp3) is 0.241. The number of tetrazole rings is 1. The molecule has 0 saturated heterocycles. The molecule has 0 radical (unpaired) electrons. The molecule has 200 valence electrons. The Morgan fingerprint density at radius 1 is 0.923 bits per heavy atom. The summed E-state index contributed by atoms with van der Waals surface area (Å²) in [6, 6.07) is 21.7. The van der Waals surface area contributed by atoms with Gasteiger partial charge in [-0.2, -0.15) is 4.80 Å². The third-order valence-corrected chi connectivity index (χ3v) is 5.81. The predicted octanol–water partition coefficient (Wildman–Crippen LogP) is 3.77. The number of carboxylic acids is 1. The fourth-order valence-electron chi connectivity index (χ4n) is 3.57. The Morgan fingerprint density at radius 2 is 1.59 bits per heavy atom. The molecule has 0 aliphatic rings. The van der Waals surface area contributed by atoms with Gasteiger partial charge in [-0.15, -0.1) is 10.2 Å². The number of ether oxygens (including phenoxy) is 1. The van der Waals surface area contributed by atoms with Crippen molar-refractivity contribution in [1.29, 1.82) is 0 Å². The number of aromatic nitrogens is 4. The first kappa shape index (κ1) is 27.2. The van der Waals surface area contributed by atoms with Crippen molar-refractivity contribution < 1.29 is 24.2 Å². The highest BCUT2D eigenvalue weighted by Crippen LogP contribution is 2.22. The third kappa shape index (κ3) is 7.35. The number of carbonyl (C=O) groups is 3. The molecule has 0 aliphatic heterocycles. The van der Waals surface area contributed by atoms with Gasteiger partial charge in [-0.3, -0.25) is 9.59 Å². The smallest absolute Gasteiger partial charge is 0.326 e. The molecule has 0 fully saturated rings. The minimum Gasteiger partial charge on any atom is -0.480 e.